The van der Waals surface area contributed by atoms with Crippen LogP contribution in [0.25, 0.3) is 10.4 Å². The number of aliphatic hydroxyl groups excluding tert-OH is 1. The van der Waals surface area contributed by atoms with E-state index in [9.17, 15) is 33.9 Å². The number of ether oxygens (including phenoxy) is 5. The molecule has 0 radical (unpaired) electrons. The molecule has 2 aromatic rings. The first kappa shape index (κ1) is 50.7. The Morgan fingerprint density at radius 3 is 2.11 bits per heavy atom. The van der Waals surface area contributed by atoms with E-state index >= 15 is 0 Å². The number of benzene rings is 1. The molecule has 1 saturated heterocycles. The van der Waals surface area contributed by atoms with E-state index in [0.717, 1.165) is 21.7 Å². The van der Waals surface area contributed by atoms with Crippen molar-refractivity contribution in [3.8, 4) is 10.4 Å². The van der Waals surface area contributed by atoms with Crippen molar-refractivity contribution >= 4 is 47.0 Å². The lowest BCUT2D eigenvalue weighted by molar-refractivity contribution is -0.144. The number of amides is 5. The van der Waals surface area contributed by atoms with E-state index < -0.39 is 65.0 Å². The van der Waals surface area contributed by atoms with Crippen LogP contribution in [-0.4, -0.2) is 140 Å². The number of aromatic nitrogens is 1. The summed E-state index contributed by atoms with van der Waals surface area (Å²) in [5.41, 5.74) is 3.23. The molecule has 340 valence electrons. The van der Waals surface area contributed by atoms with Crippen molar-refractivity contribution in [2.75, 3.05) is 59.8 Å². The third kappa shape index (κ3) is 18.1. The van der Waals surface area contributed by atoms with Gasteiger partial charge in [0.2, 0.25) is 23.6 Å². The summed E-state index contributed by atoms with van der Waals surface area (Å²) in [4.78, 5) is 83.0. The summed E-state index contributed by atoms with van der Waals surface area (Å²) < 4.78 is 26.2. The van der Waals surface area contributed by atoms with Gasteiger partial charge in [-0.2, -0.15) is 0 Å². The number of esters is 1. The fraction of sp³-hybridized carbons (Fsp3) is 0.643. The number of aryl methyl sites for hydroxylation is 1. The minimum Gasteiger partial charge on any atom is -0.467 e. The molecule has 3 rings (SSSR count). The van der Waals surface area contributed by atoms with Gasteiger partial charge in [-0.15, -0.1) is 11.3 Å². The van der Waals surface area contributed by atoms with Crippen molar-refractivity contribution in [3.63, 3.8) is 0 Å². The van der Waals surface area contributed by atoms with Crippen molar-refractivity contribution in [1.82, 2.24) is 31.2 Å². The van der Waals surface area contributed by atoms with Crippen molar-refractivity contribution in [1.29, 1.82) is 0 Å². The van der Waals surface area contributed by atoms with Gasteiger partial charge in [-0.3, -0.25) is 19.2 Å². The summed E-state index contributed by atoms with van der Waals surface area (Å²) in [6, 6.07) is 5.03. The molecule has 4 atom stereocenters. The van der Waals surface area contributed by atoms with E-state index in [-0.39, 0.29) is 65.1 Å². The van der Waals surface area contributed by atoms with E-state index in [0.29, 0.717) is 25.8 Å². The number of likely N-dealkylation sites (tertiary alicyclic amines) is 1. The van der Waals surface area contributed by atoms with Gasteiger partial charge >= 0.3 is 12.1 Å². The molecule has 1 aromatic heterocycles. The van der Waals surface area contributed by atoms with Crippen LogP contribution in [0.2, 0.25) is 0 Å². The standard InChI is InChI=1S/C42H64N6O12S/c1-27-35(61-26-45-27)29-14-12-28(13-15-29)22-44-37(52)32-21-30(49)23-48(32)38(53)36(41(2,3)4)47-34(51)25-59-20-18-57-17-19-58-24-33(50)43-16-10-9-11-31(39(54)56-8)46-40(55)60-42(5,6)7/h12-15,26,30-32,36,49H,9-11,16-25H2,1-8H3,(H,43,50)(H,44,52)(H,46,55)(H,47,51)/t30-,31+,32+,36-/m1/s1. The van der Waals surface area contributed by atoms with Gasteiger partial charge in [-0.1, -0.05) is 45.0 Å². The van der Waals surface area contributed by atoms with Gasteiger partial charge in [0, 0.05) is 26.1 Å². The van der Waals surface area contributed by atoms with Gasteiger partial charge in [0.25, 0.3) is 0 Å². The average molecular weight is 877 g/mol. The smallest absolute Gasteiger partial charge is 0.408 e. The molecule has 1 aromatic carbocycles. The number of nitrogens with one attached hydrogen (secondary N) is 4. The second kappa shape index (κ2) is 24.7. The van der Waals surface area contributed by atoms with E-state index in [4.69, 9.17) is 23.7 Å². The molecule has 61 heavy (non-hydrogen) atoms. The number of β-amino-alcohol motifs (C(OH)–C–C–N with tert-alkyl or cyclic N) is 1. The van der Waals surface area contributed by atoms with Crippen molar-refractivity contribution in [3.05, 3.63) is 41.0 Å². The first-order valence-corrected chi connectivity index (χ1v) is 21.3. The zero-order valence-electron chi connectivity index (χ0n) is 36.6. The molecule has 0 unspecified atom stereocenters. The molecule has 0 saturated carbocycles. The van der Waals surface area contributed by atoms with Crippen LogP contribution in [0.5, 0.6) is 0 Å². The largest absolute Gasteiger partial charge is 0.467 e. The van der Waals surface area contributed by atoms with Crippen LogP contribution in [0, 0.1) is 12.3 Å². The molecule has 0 spiro atoms. The fourth-order valence-corrected chi connectivity index (χ4v) is 7.06. The molecule has 0 aliphatic carbocycles. The van der Waals surface area contributed by atoms with Gasteiger partial charge in [0.15, 0.2) is 0 Å². The van der Waals surface area contributed by atoms with Crippen LogP contribution in [0.4, 0.5) is 4.79 Å². The lowest BCUT2D eigenvalue weighted by Crippen LogP contribution is -2.58. The first-order valence-electron chi connectivity index (χ1n) is 20.4. The Morgan fingerprint density at radius 2 is 1.52 bits per heavy atom. The van der Waals surface area contributed by atoms with Crippen LogP contribution in [-0.2, 0) is 54.2 Å². The Bertz CT molecular complexity index is 1740. The van der Waals surface area contributed by atoms with Gasteiger partial charge in [0.05, 0.1) is 55.7 Å². The third-order valence-corrected chi connectivity index (χ3v) is 10.3. The molecule has 19 heteroatoms. The number of unbranched alkanes of at least 4 members (excludes halogenated alkanes) is 1. The minimum absolute atomic E-state index is 0.0391. The zero-order valence-corrected chi connectivity index (χ0v) is 37.4. The van der Waals surface area contributed by atoms with Gasteiger partial charge < -0.3 is 55.0 Å². The number of hydrogen-bond donors (Lipinski definition) is 5. The molecular weight excluding hydrogens is 813 g/mol. The highest BCUT2D eigenvalue weighted by Crippen LogP contribution is 2.28. The van der Waals surface area contributed by atoms with Crippen molar-refractivity contribution in [2.24, 2.45) is 5.41 Å². The molecule has 1 fully saturated rings. The molecule has 1 aliphatic rings. The van der Waals surface area contributed by atoms with Crippen LogP contribution in [0.3, 0.4) is 0 Å². The molecular formula is C42H64N6O12S. The summed E-state index contributed by atoms with van der Waals surface area (Å²) in [6.45, 7) is 13.1. The van der Waals surface area contributed by atoms with Crippen LogP contribution < -0.4 is 21.3 Å². The summed E-state index contributed by atoms with van der Waals surface area (Å²) >= 11 is 1.56. The maximum Gasteiger partial charge on any atom is 0.408 e. The average Bonchev–Trinajstić information content (AvgIpc) is 3.81. The van der Waals surface area contributed by atoms with Crippen LogP contribution in [0.1, 0.15) is 78.5 Å². The number of aliphatic hydroxyl groups is 1. The quantitative estimate of drug-likeness (QED) is 0.0800. The second-order valence-corrected chi connectivity index (χ2v) is 17.6. The number of alkyl carbamates (subject to hydrolysis) is 1. The Balaban J connectivity index is 1.30. The Morgan fingerprint density at radius 1 is 0.885 bits per heavy atom. The number of carbonyl (C=O) groups is 6. The Hall–Kier alpha value is -4.69. The Labute approximate surface area is 362 Å². The van der Waals surface area contributed by atoms with E-state index in [1.54, 1.807) is 58.4 Å². The number of rotatable bonds is 23. The SMILES string of the molecule is COC(=O)[C@H](CCCCNC(=O)COCCOCCOCC(=O)N[C@H](C(=O)N1C[C@H](O)C[C@H]1C(=O)NCc1ccc(-c2scnc2C)cc1)C(C)(C)C)NC(=O)OC(C)(C)C. The molecule has 5 amide bonds. The number of carbonyl (C=O) groups excluding carboxylic acids is 6. The van der Waals surface area contributed by atoms with Gasteiger partial charge in [-0.25, -0.2) is 14.6 Å². The first-order chi connectivity index (χ1) is 28.8. The van der Waals surface area contributed by atoms with Gasteiger partial charge in [-0.05, 0) is 63.5 Å². The van der Waals surface area contributed by atoms with E-state index in [1.807, 2.05) is 31.2 Å². The molecule has 0 bridgehead atoms. The molecule has 1 aliphatic heterocycles. The molecule has 5 N–H and O–H groups in total. The lowest BCUT2D eigenvalue weighted by atomic mass is 9.85. The number of nitrogens with zero attached hydrogens (tertiary/aromatic N) is 2. The molecule has 18 nitrogen and oxygen atoms in total. The highest BCUT2D eigenvalue weighted by atomic mass is 32.1. The fourth-order valence-electron chi connectivity index (χ4n) is 6.24. The predicted molar refractivity (Wildman–Crippen MR) is 226 cm³/mol. The van der Waals surface area contributed by atoms with Crippen molar-refractivity contribution < 1.29 is 57.6 Å². The summed E-state index contributed by atoms with van der Waals surface area (Å²) in [5, 5.41) is 21.4. The predicted octanol–water partition coefficient (Wildman–Crippen LogP) is 2.63. The highest BCUT2D eigenvalue weighted by molar-refractivity contribution is 7.13. The van der Waals surface area contributed by atoms with Crippen LogP contribution >= 0.6 is 11.3 Å². The number of hydrogen-bond acceptors (Lipinski definition) is 14. The monoisotopic (exact) mass is 876 g/mol. The zero-order chi connectivity index (χ0) is 45.2. The summed E-state index contributed by atoms with van der Waals surface area (Å²) in [6.07, 6.45) is -0.145. The third-order valence-electron chi connectivity index (χ3n) is 9.34. The lowest BCUT2D eigenvalue weighted by Gasteiger charge is -2.35. The van der Waals surface area contributed by atoms with Crippen molar-refractivity contribution in [2.45, 2.75) is 111 Å². The summed E-state index contributed by atoms with van der Waals surface area (Å²) in [5.74, 6) is -2.30. The second-order valence-electron chi connectivity index (χ2n) is 16.7. The Kier molecular flexibility index (Phi) is 20.5. The van der Waals surface area contributed by atoms with Crippen LogP contribution in [0.15, 0.2) is 29.8 Å². The number of methoxy groups -OCH3 is 1. The molecule has 2 heterocycles. The van der Waals surface area contributed by atoms with Gasteiger partial charge in [0.1, 0.15) is 36.9 Å². The normalized spacial score (nSPS) is 16.3. The van der Waals surface area contributed by atoms with E-state index in [2.05, 4.69) is 26.3 Å². The minimum atomic E-state index is -0.996. The number of thiazole rings is 1. The highest BCUT2D eigenvalue weighted by Gasteiger charge is 2.44. The maximum absolute atomic E-state index is 13.9. The summed E-state index contributed by atoms with van der Waals surface area (Å²) in [7, 11) is 1.24. The topological polar surface area (TPSA) is 233 Å². The maximum atomic E-state index is 13.9. The van der Waals surface area contributed by atoms with E-state index in [1.165, 1.54) is 12.0 Å².